The zero-order valence-electron chi connectivity index (χ0n) is 15.2. The molecule has 0 saturated heterocycles. The number of amides is 1. The number of carbonyl (C=O) groups excluding carboxylic acids is 1. The summed E-state index contributed by atoms with van der Waals surface area (Å²) in [4.78, 5) is 13.0. The zero-order valence-corrected chi connectivity index (χ0v) is 18.3. The first-order chi connectivity index (χ1) is 13.8. The van der Waals surface area contributed by atoms with Crippen molar-refractivity contribution in [1.82, 2.24) is 4.72 Å². The van der Waals surface area contributed by atoms with E-state index in [1.807, 2.05) is 30.3 Å². The minimum absolute atomic E-state index is 0.0781. The lowest BCUT2D eigenvalue weighted by atomic mass is 10.1. The third kappa shape index (κ3) is 6.14. The van der Waals surface area contributed by atoms with E-state index in [4.69, 9.17) is 11.6 Å². The fourth-order valence-electron chi connectivity index (χ4n) is 2.70. The van der Waals surface area contributed by atoms with Crippen LogP contribution in [-0.2, 0) is 21.2 Å². The fraction of sp³-hybridized carbons (Fsp3) is 0.0952. The Morgan fingerprint density at radius 2 is 1.66 bits per heavy atom. The van der Waals surface area contributed by atoms with Gasteiger partial charge in [-0.2, -0.15) is 4.72 Å². The van der Waals surface area contributed by atoms with Gasteiger partial charge in [0.15, 0.2) is 0 Å². The molecule has 0 aromatic heterocycles. The molecule has 2 N–H and O–H groups in total. The summed E-state index contributed by atoms with van der Waals surface area (Å²) in [5.74, 6) is -0.475. The van der Waals surface area contributed by atoms with E-state index in [0.717, 1.165) is 10.0 Å². The summed E-state index contributed by atoms with van der Waals surface area (Å²) in [6.07, 6.45) is 0.197. The zero-order chi connectivity index (χ0) is 20.9. The van der Waals surface area contributed by atoms with Crippen LogP contribution in [0.2, 0.25) is 5.02 Å². The molecule has 0 aliphatic rings. The van der Waals surface area contributed by atoms with E-state index in [-0.39, 0.29) is 11.3 Å². The molecule has 0 radical (unpaired) electrons. The van der Waals surface area contributed by atoms with Crippen LogP contribution >= 0.6 is 27.5 Å². The molecule has 0 heterocycles. The Morgan fingerprint density at radius 1 is 0.966 bits per heavy atom. The van der Waals surface area contributed by atoms with Gasteiger partial charge in [-0.1, -0.05) is 63.9 Å². The largest absolute Gasteiger partial charge is 0.325 e. The van der Waals surface area contributed by atoms with E-state index in [1.165, 1.54) is 12.1 Å². The van der Waals surface area contributed by atoms with Crippen molar-refractivity contribution in [1.29, 1.82) is 0 Å². The van der Waals surface area contributed by atoms with Crippen molar-refractivity contribution >= 4 is 49.1 Å². The standard InChI is InChI=1S/C21H18BrClN2O3S/c22-16-9-11-19(12-10-16)29(27,28)25-20(13-15-5-2-1-3-6-15)21(26)24-18-8-4-7-17(23)14-18/h1-12,14,20,25H,13H2,(H,24,26)/t20-/m0/s1. The van der Waals surface area contributed by atoms with Gasteiger partial charge in [-0.25, -0.2) is 8.42 Å². The number of hydrogen-bond donors (Lipinski definition) is 2. The monoisotopic (exact) mass is 492 g/mol. The Bertz CT molecular complexity index is 1090. The van der Waals surface area contributed by atoms with Crippen LogP contribution in [0.15, 0.2) is 88.2 Å². The molecule has 29 heavy (non-hydrogen) atoms. The fourth-order valence-corrected chi connectivity index (χ4v) is 4.35. The van der Waals surface area contributed by atoms with Crippen molar-refractivity contribution in [3.63, 3.8) is 0 Å². The maximum atomic E-state index is 12.9. The van der Waals surface area contributed by atoms with E-state index < -0.39 is 22.0 Å². The summed E-state index contributed by atoms with van der Waals surface area (Å²) < 4.78 is 28.9. The van der Waals surface area contributed by atoms with E-state index in [2.05, 4.69) is 26.0 Å². The highest BCUT2D eigenvalue weighted by molar-refractivity contribution is 9.10. The first kappa shape index (κ1) is 21.5. The predicted molar refractivity (Wildman–Crippen MR) is 118 cm³/mol. The summed E-state index contributed by atoms with van der Waals surface area (Å²) in [7, 11) is -3.90. The minimum Gasteiger partial charge on any atom is -0.325 e. The van der Waals surface area contributed by atoms with Gasteiger partial charge in [0.05, 0.1) is 4.90 Å². The van der Waals surface area contributed by atoms with Crippen molar-refractivity contribution < 1.29 is 13.2 Å². The summed E-state index contributed by atoms with van der Waals surface area (Å²) in [5, 5.41) is 3.20. The molecule has 0 aliphatic carbocycles. The average molecular weight is 494 g/mol. The normalized spacial score (nSPS) is 12.3. The molecule has 1 amide bonds. The summed E-state index contributed by atoms with van der Waals surface area (Å²) in [5.41, 5.74) is 1.32. The Labute approximate surface area is 183 Å². The molecule has 3 rings (SSSR count). The second kappa shape index (κ2) is 9.54. The lowest BCUT2D eigenvalue weighted by Gasteiger charge is -2.19. The number of halogens is 2. The summed E-state index contributed by atoms with van der Waals surface area (Å²) in [6.45, 7) is 0. The molecule has 0 fully saturated rings. The van der Waals surface area contributed by atoms with Crippen LogP contribution in [-0.4, -0.2) is 20.4 Å². The first-order valence-corrected chi connectivity index (χ1v) is 11.4. The second-order valence-corrected chi connectivity index (χ2v) is 9.38. The van der Waals surface area contributed by atoms with Gasteiger partial charge in [0.25, 0.3) is 0 Å². The number of sulfonamides is 1. The first-order valence-electron chi connectivity index (χ1n) is 8.72. The Hall–Kier alpha value is -2.19. The van der Waals surface area contributed by atoms with Crippen LogP contribution in [0, 0.1) is 0 Å². The van der Waals surface area contributed by atoms with Gasteiger partial charge in [-0.05, 0) is 54.4 Å². The number of nitrogens with one attached hydrogen (secondary N) is 2. The number of carbonyl (C=O) groups is 1. The van der Waals surface area contributed by atoms with Crippen LogP contribution in [0.3, 0.4) is 0 Å². The lowest BCUT2D eigenvalue weighted by Crippen LogP contribution is -2.45. The van der Waals surface area contributed by atoms with Crippen molar-refractivity contribution in [2.45, 2.75) is 17.4 Å². The third-order valence-electron chi connectivity index (χ3n) is 4.11. The van der Waals surface area contributed by atoms with Crippen LogP contribution < -0.4 is 10.0 Å². The van der Waals surface area contributed by atoms with E-state index in [9.17, 15) is 13.2 Å². The smallest absolute Gasteiger partial charge is 0.242 e. The molecular formula is C21H18BrClN2O3S. The van der Waals surface area contributed by atoms with Gasteiger partial charge < -0.3 is 5.32 Å². The van der Waals surface area contributed by atoms with Crippen molar-refractivity contribution in [2.24, 2.45) is 0 Å². The summed E-state index contributed by atoms with van der Waals surface area (Å²) in [6, 6.07) is 21.1. The molecular weight excluding hydrogens is 476 g/mol. The van der Waals surface area contributed by atoms with Gasteiger partial charge in [0, 0.05) is 15.2 Å². The molecule has 8 heteroatoms. The van der Waals surface area contributed by atoms with E-state index >= 15 is 0 Å². The van der Waals surface area contributed by atoms with Gasteiger partial charge in [0.2, 0.25) is 15.9 Å². The van der Waals surface area contributed by atoms with Gasteiger partial charge in [-0.15, -0.1) is 0 Å². The molecule has 0 saturated carbocycles. The van der Waals surface area contributed by atoms with Crippen LogP contribution in [0.25, 0.3) is 0 Å². The topological polar surface area (TPSA) is 75.3 Å². The SMILES string of the molecule is O=C(Nc1cccc(Cl)c1)[C@H](Cc1ccccc1)NS(=O)(=O)c1ccc(Br)cc1. The molecule has 1 atom stereocenters. The third-order valence-corrected chi connectivity index (χ3v) is 6.36. The molecule has 0 unspecified atom stereocenters. The number of anilines is 1. The average Bonchev–Trinajstić information content (AvgIpc) is 2.68. The Balaban J connectivity index is 1.85. The molecule has 3 aromatic carbocycles. The number of rotatable bonds is 7. The molecule has 3 aromatic rings. The van der Waals surface area contributed by atoms with Crippen LogP contribution in [0.5, 0.6) is 0 Å². The molecule has 150 valence electrons. The molecule has 0 bridgehead atoms. The van der Waals surface area contributed by atoms with Gasteiger partial charge in [0.1, 0.15) is 6.04 Å². The summed E-state index contributed by atoms with van der Waals surface area (Å²) >= 11 is 9.25. The molecule has 0 aliphatic heterocycles. The highest BCUT2D eigenvalue weighted by Crippen LogP contribution is 2.18. The second-order valence-electron chi connectivity index (χ2n) is 6.32. The molecule has 0 spiro atoms. The predicted octanol–water partition coefficient (Wildman–Crippen LogP) is 4.63. The van der Waals surface area contributed by atoms with Crippen molar-refractivity contribution in [2.75, 3.05) is 5.32 Å². The van der Waals surface area contributed by atoms with Crippen LogP contribution in [0.4, 0.5) is 5.69 Å². The quantitative estimate of drug-likeness (QED) is 0.504. The van der Waals surface area contributed by atoms with Crippen molar-refractivity contribution in [3.05, 3.63) is 93.9 Å². The maximum Gasteiger partial charge on any atom is 0.242 e. The number of benzene rings is 3. The Morgan fingerprint density at radius 3 is 2.31 bits per heavy atom. The van der Waals surface area contributed by atoms with Crippen LogP contribution in [0.1, 0.15) is 5.56 Å². The van der Waals surface area contributed by atoms with Gasteiger partial charge in [-0.3, -0.25) is 4.79 Å². The highest BCUT2D eigenvalue weighted by Gasteiger charge is 2.26. The Kier molecular flexibility index (Phi) is 7.08. The van der Waals surface area contributed by atoms with E-state index in [0.29, 0.717) is 10.7 Å². The lowest BCUT2D eigenvalue weighted by molar-refractivity contribution is -0.117. The van der Waals surface area contributed by atoms with E-state index in [1.54, 1.807) is 36.4 Å². The van der Waals surface area contributed by atoms with Crippen molar-refractivity contribution in [3.8, 4) is 0 Å². The molecule has 5 nitrogen and oxygen atoms in total. The number of hydrogen-bond acceptors (Lipinski definition) is 3. The maximum absolute atomic E-state index is 12.9. The minimum atomic E-state index is -3.90. The highest BCUT2D eigenvalue weighted by atomic mass is 79.9. The van der Waals surface area contributed by atoms with Gasteiger partial charge >= 0.3 is 0 Å².